The van der Waals surface area contributed by atoms with Gasteiger partial charge in [-0.25, -0.2) is 4.79 Å². The van der Waals surface area contributed by atoms with Gasteiger partial charge in [0.15, 0.2) is 0 Å². The molecule has 0 radical (unpaired) electrons. The van der Waals surface area contributed by atoms with E-state index in [4.69, 9.17) is 10.5 Å². The zero-order valence-corrected chi connectivity index (χ0v) is 17.3. The van der Waals surface area contributed by atoms with Crippen LogP contribution in [0.25, 0.3) is 0 Å². The lowest BCUT2D eigenvalue weighted by Crippen LogP contribution is -2.38. The average molecular weight is 416 g/mol. The molecular formula is C21H28N4O5. The largest absolute Gasteiger partial charge is 0.466 e. The van der Waals surface area contributed by atoms with E-state index in [0.29, 0.717) is 11.3 Å². The fraction of sp³-hybridized carbons (Fsp3) is 0.476. The molecule has 2 heterocycles. The van der Waals surface area contributed by atoms with E-state index >= 15 is 0 Å². The molecule has 30 heavy (non-hydrogen) atoms. The van der Waals surface area contributed by atoms with Crippen molar-refractivity contribution < 1.29 is 24.2 Å². The molecule has 1 atom stereocenters. The van der Waals surface area contributed by atoms with Crippen molar-refractivity contribution in [3.05, 3.63) is 35.0 Å². The van der Waals surface area contributed by atoms with Crippen LogP contribution < -0.4 is 16.0 Å². The third-order valence-corrected chi connectivity index (χ3v) is 5.61. The summed E-state index contributed by atoms with van der Waals surface area (Å²) in [7, 11) is 1.25. The van der Waals surface area contributed by atoms with Crippen molar-refractivity contribution in [3.63, 3.8) is 0 Å². The minimum absolute atomic E-state index is 0.0410. The maximum Gasteiger partial charge on any atom is 0.337 e. The van der Waals surface area contributed by atoms with Gasteiger partial charge in [-0.15, -0.1) is 0 Å². The summed E-state index contributed by atoms with van der Waals surface area (Å²) < 4.78 is 4.84. The molecule has 0 aliphatic carbocycles. The van der Waals surface area contributed by atoms with Gasteiger partial charge < -0.3 is 30.7 Å². The number of benzene rings is 1. The first-order valence-electron chi connectivity index (χ1n) is 10.1. The summed E-state index contributed by atoms with van der Waals surface area (Å²) >= 11 is 0. The van der Waals surface area contributed by atoms with Crippen molar-refractivity contribution in [1.29, 1.82) is 0 Å². The van der Waals surface area contributed by atoms with Gasteiger partial charge in [-0.3, -0.25) is 9.59 Å². The van der Waals surface area contributed by atoms with Crippen LogP contribution >= 0.6 is 0 Å². The van der Waals surface area contributed by atoms with Gasteiger partial charge in [-0.1, -0.05) is 0 Å². The average Bonchev–Trinajstić information content (AvgIpc) is 3.04. The fourth-order valence-corrected chi connectivity index (χ4v) is 3.98. The highest BCUT2D eigenvalue weighted by atomic mass is 16.5. The number of nitrogens with zero attached hydrogens (tertiary/aromatic N) is 2. The number of aliphatic hydroxyl groups excluding tert-OH is 1. The number of piperidine rings is 1. The topological polar surface area (TPSA) is 125 Å². The van der Waals surface area contributed by atoms with Gasteiger partial charge in [0.2, 0.25) is 5.91 Å². The maximum atomic E-state index is 12.9. The lowest BCUT2D eigenvalue weighted by Gasteiger charge is -2.37. The number of hydrogen-bond acceptors (Lipinski definition) is 7. The fourth-order valence-electron chi connectivity index (χ4n) is 3.98. The van der Waals surface area contributed by atoms with Crippen molar-refractivity contribution in [1.82, 2.24) is 4.90 Å². The number of anilines is 2. The number of nitrogens with one attached hydrogen (secondary N) is 1. The number of rotatable bonds is 7. The molecule has 1 aromatic rings. The quantitative estimate of drug-likeness (QED) is 0.563. The second-order valence-corrected chi connectivity index (χ2v) is 7.55. The summed E-state index contributed by atoms with van der Waals surface area (Å²) in [6.45, 7) is 2.90. The van der Waals surface area contributed by atoms with Crippen LogP contribution in [0.1, 0.15) is 36.5 Å². The lowest BCUT2D eigenvalue weighted by atomic mass is 10.0. The van der Waals surface area contributed by atoms with E-state index in [-0.39, 0.29) is 37.0 Å². The molecule has 0 saturated carbocycles. The van der Waals surface area contributed by atoms with Crippen LogP contribution in [-0.2, 0) is 14.3 Å². The molecule has 0 spiro atoms. The third kappa shape index (κ3) is 4.25. The van der Waals surface area contributed by atoms with Gasteiger partial charge >= 0.3 is 5.97 Å². The molecule has 0 aromatic heterocycles. The Morgan fingerprint density at radius 3 is 2.73 bits per heavy atom. The van der Waals surface area contributed by atoms with Gasteiger partial charge in [0.1, 0.15) is 5.70 Å². The molecule has 9 nitrogen and oxygen atoms in total. The van der Waals surface area contributed by atoms with Gasteiger partial charge in [0.25, 0.3) is 5.91 Å². The van der Waals surface area contributed by atoms with E-state index in [9.17, 15) is 19.5 Å². The molecule has 1 unspecified atom stereocenters. The zero-order valence-electron chi connectivity index (χ0n) is 17.3. The molecule has 9 heteroatoms. The summed E-state index contributed by atoms with van der Waals surface area (Å²) in [5, 5.41) is 12.3. The van der Waals surface area contributed by atoms with Crippen molar-refractivity contribution in [2.24, 2.45) is 5.73 Å². The number of methoxy groups -OCH3 is 1. The number of carbonyl (C=O) groups is 3. The normalized spacial score (nSPS) is 19.3. The number of β-amino-alcohol motifs (C(OH)–C–C–N with tert-alkyl or cyclic N) is 1. The molecule has 162 valence electrons. The van der Waals surface area contributed by atoms with Crippen molar-refractivity contribution >= 4 is 29.2 Å². The van der Waals surface area contributed by atoms with Gasteiger partial charge in [0, 0.05) is 24.7 Å². The number of esters is 1. The number of aliphatic hydroxyl groups is 1. The smallest absolute Gasteiger partial charge is 0.337 e. The van der Waals surface area contributed by atoms with Crippen LogP contribution in [0.4, 0.5) is 11.4 Å². The highest BCUT2D eigenvalue weighted by Gasteiger charge is 2.35. The Morgan fingerprint density at radius 1 is 1.33 bits per heavy atom. The third-order valence-electron chi connectivity index (χ3n) is 5.61. The molecule has 2 aliphatic heterocycles. The highest BCUT2D eigenvalue weighted by Crippen LogP contribution is 2.34. The molecule has 2 amide bonds. The zero-order chi connectivity index (χ0) is 21.8. The van der Waals surface area contributed by atoms with E-state index in [1.54, 1.807) is 12.1 Å². The molecule has 0 bridgehead atoms. The second-order valence-electron chi connectivity index (χ2n) is 7.55. The van der Waals surface area contributed by atoms with Crippen LogP contribution in [0.2, 0.25) is 0 Å². The van der Waals surface area contributed by atoms with E-state index < -0.39 is 17.8 Å². The van der Waals surface area contributed by atoms with E-state index in [2.05, 4.69) is 17.1 Å². The molecule has 1 aromatic carbocycles. The highest BCUT2D eigenvalue weighted by molar-refractivity contribution is 6.09. The second kappa shape index (κ2) is 9.17. The standard InChI is InChI=1S/C21H28N4O5/c1-13-5-3-4-8-25(13)17-7-6-14(19(22)27)11-16(17)23-18-15(21(29)30-2)12-24(9-10-26)20(18)28/h6-7,11,13,23,26H,3-5,8-10,12H2,1-2H3,(H2,22,27). The minimum Gasteiger partial charge on any atom is -0.466 e. The number of nitrogens with two attached hydrogens (primary N) is 1. The number of carbonyl (C=O) groups excluding carboxylic acids is 3. The Morgan fingerprint density at radius 2 is 2.10 bits per heavy atom. The predicted octanol–water partition coefficient (Wildman–Crippen LogP) is 0.838. The van der Waals surface area contributed by atoms with Crippen molar-refractivity contribution in [2.75, 3.05) is 43.6 Å². The molecule has 1 saturated heterocycles. The van der Waals surface area contributed by atoms with Crippen molar-refractivity contribution in [3.8, 4) is 0 Å². The SMILES string of the molecule is COC(=O)C1=C(Nc2cc(C(N)=O)ccc2N2CCCCC2C)C(=O)N(CCO)C1. The first-order valence-corrected chi connectivity index (χ1v) is 10.1. The maximum absolute atomic E-state index is 12.9. The van der Waals surface area contributed by atoms with E-state index in [1.165, 1.54) is 12.0 Å². The first kappa shape index (κ1) is 21.6. The molecular weight excluding hydrogens is 388 g/mol. The van der Waals surface area contributed by atoms with Crippen LogP contribution in [0.5, 0.6) is 0 Å². The van der Waals surface area contributed by atoms with Crippen molar-refractivity contribution in [2.45, 2.75) is 32.2 Å². The Kier molecular flexibility index (Phi) is 6.61. The summed E-state index contributed by atoms with van der Waals surface area (Å²) in [5.74, 6) is -1.62. The number of primary amides is 1. The Hall–Kier alpha value is -3.07. The summed E-state index contributed by atoms with van der Waals surface area (Å²) in [6, 6.07) is 5.36. The van der Waals surface area contributed by atoms with Gasteiger partial charge in [-0.2, -0.15) is 0 Å². The van der Waals surface area contributed by atoms with E-state index in [0.717, 1.165) is 31.5 Å². The lowest BCUT2D eigenvalue weighted by molar-refractivity contribution is -0.136. The van der Waals surface area contributed by atoms with E-state index in [1.807, 2.05) is 6.07 Å². The van der Waals surface area contributed by atoms with Crippen LogP contribution in [0, 0.1) is 0 Å². The summed E-state index contributed by atoms with van der Waals surface area (Å²) in [6.07, 6.45) is 3.23. The first-order chi connectivity index (χ1) is 14.4. The number of hydrogen-bond donors (Lipinski definition) is 3. The number of amides is 2. The van der Waals surface area contributed by atoms with Gasteiger partial charge in [-0.05, 0) is 44.4 Å². The van der Waals surface area contributed by atoms with Gasteiger partial charge in [0.05, 0.1) is 37.2 Å². The Bertz CT molecular complexity index is 882. The molecule has 2 aliphatic rings. The summed E-state index contributed by atoms with van der Waals surface area (Å²) in [5.41, 5.74) is 7.38. The predicted molar refractivity (Wildman–Crippen MR) is 112 cm³/mol. The Balaban J connectivity index is 2.04. The Labute approximate surface area is 175 Å². The minimum atomic E-state index is -0.620. The van der Waals surface area contributed by atoms with Crippen LogP contribution in [0.15, 0.2) is 29.5 Å². The molecule has 3 rings (SSSR count). The van der Waals surface area contributed by atoms with Crippen LogP contribution in [-0.4, -0.2) is 67.2 Å². The summed E-state index contributed by atoms with van der Waals surface area (Å²) in [4.78, 5) is 40.5. The molecule has 4 N–H and O–H groups in total. The molecule has 1 fully saturated rings. The van der Waals surface area contributed by atoms with Crippen LogP contribution in [0.3, 0.4) is 0 Å². The monoisotopic (exact) mass is 416 g/mol. The number of ether oxygens (including phenoxy) is 1.